The molecule has 1 aromatic heterocycles. The van der Waals surface area contributed by atoms with Crippen molar-refractivity contribution in [3.05, 3.63) is 82.4 Å². The molecule has 1 heterocycles. The standard InChI is InChI=1S/C24H28N4O2S/c1-17-9-8-10-18(15-17)13-14-28(23(30)20-16-31-27-26-20)21(19-11-6-5-7-12-19)22(29)25-24(2,3)4/h5-12,15-16,21H,13-14H2,1-4H3,(H,25,29)/t21-/m0/s1. The molecule has 0 bridgehead atoms. The lowest BCUT2D eigenvalue weighted by atomic mass is 10.0. The van der Waals surface area contributed by atoms with E-state index in [9.17, 15) is 9.59 Å². The third kappa shape index (κ3) is 6.21. The summed E-state index contributed by atoms with van der Waals surface area (Å²) >= 11 is 1.12. The van der Waals surface area contributed by atoms with Crippen LogP contribution in [0.15, 0.2) is 60.0 Å². The van der Waals surface area contributed by atoms with Crippen LogP contribution in [0.4, 0.5) is 0 Å². The second-order valence-electron chi connectivity index (χ2n) is 8.58. The van der Waals surface area contributed by atoms with Gasteiger partial charge in [-0.1, -0.05) is 64.6 Å². The molecule has 1 atom stereocenters. The summed E-state index contributed by atoms with van der Waals surface area (Å²) in [5.41, 5.74) is 2.84. The van der Waals surface area contributed by atoms with Crippen molar-refractivity contribution < 1.29 is 9.59 Å². The van der Waals surface area contributed by atoms with Crippen LogP contribution in [-0.4, -0.2) is 38.4 Å². The molecule has 0 radical (unpaired) electrons. The molecule has 0 unspecified atom stereocenters. The zero-order valence-corrected chi connectivity index (χ0v) is 19.1. The van der Waals surface area contributed by atoms with Gasteiger partial charge < -0.3 is 10.2 Å². The molecule has 3 aromatic rings. The van der Waals surface area contributed by atoms with Gasteiger partial charge in [-0.15, -0.1) is 5.10 Å². The van der Waals surface area contributed by atoms with Crippen molar-refractivity contribution in [1.82, 2.24) is 19.8 Å². The number of hydrogen-bond donors (Lipinski definition) is 1. The van der Waals surface area contributed by atoms with E-state index in [0.717, 1.165) is 28.2 Å². The first-order valence-corrected chi connectivity index (χ1v) is 11.1. The van der Waals surface area contributed by atoms with E-state index in [4.69, 9.17) is 0 Å². The monoisotopic (exact) mass is 436 g/mol. The summed E-state index contributed by atoms with van der Waals surface area (Å²) in [7, 11) is 0. The molecular formula is C24H28N4O2S. The minimum absolute atomic E-state index is 0.223. The number of nitrogens with zero attached hydrogens (tertiary/aromatic N) is 3. The molecule has 3 rings (SSSR count). The molecule has 2 aromatic carbocycles. The zero-order valence-electron chi connectivity index (χ0n) is 18.3. The second kappa shape index (κ2) is 9.83. The maximum absolute atomic E-state index is 13.4. The maximum atomic E-state index is 13.4. The fraction of sp³-hybridized carbons (Fsp3) is 0.333. The number of carbonyl (C=O) groups is 2. The molecule has 0 aliphatic carbocycles. The van der Waals surface area contributed by atoms with E-state index in [-0.39, 0.29) is 17.5 Å². The molecule has 0 aliphatic heterocycles. The van der Waals surface area contributed by atoms with E-state index in [0.29, 0.717) is 13.0 Å². The highest BCUT2D eigenvalue weighted by Gasteiger charge is 2.34. The van der Waals surface area contributed by atoms with Gasteiger partial charge in [0.15, 0.2) is 5.69 Å². The number of benzene rings is 2. The molecule has 1 N–H and O–H groups in total. The molecule has 0 saturated carbocycles. The second-order valence-corrected chi connectivity index (χ2v) is 9.19. The smallest absolute Gasteiger partial charge is 0.276 e. The summed E-state index contributed by atoms with van der Waals surface area (Å²) in [5.74, 6) is -0.529. The Balaban J connectivity index is 1.99. The van der Waals surface area contributed by atoms with Crippen LogP contribution >= 0.6 is 11.5 Å². The van der Waals surface area contributed by atoms with Crippen LogP contribution in [0.5, 0.6) is 0 Å². The lowest BCUT2D eigenvalue weighted by Crippen LogP contribution is -2.49. The molecule has 0 fully saturated rings. The lowest BCUT2D eigenvalue weighted by molar-refractivity contribution is -0.127. The van der Waals surface area contributed by atoms with Crippen LogP contribution < -0.4 is 5.32 Å². The molecule has 0 spiro atoms. The molecule has 6 nitrogen and oxygen atoms in total. The van der Waals surface area contributed by atoms with Gasteiger partial charge in [0.2, 0.25) is 5.91 Å². The predicted octanol–water partition coefficient (Wildman–Crippen LogP) is 4.19. The predicted molar refractivity (Wildman–Crippen MR) is 123 cm³/mol. The summed E-state index contributed by atoms with van der Waals surface area (Å²) in [5, 5.41) is 8.62. The van der Waals surface area contributed by atoms with Gasteiger partial charge in [0.05, 0.1) is 0 Å². The number of rotatable bonds is 7. The number of nitrogens with one attached hydrogen (secondary N) is 1. The van der Waals surface area contributed by atoms with Crippen molar-refractivity contribution in [3.8, 4) is 0 Å². The van der Waals surface area contributed by atoms with E-state index < -0.39 is 11.6 Å². The fourth-order valence-electron chi connectivity index (χ4n) is 3.42. The number of carbonyl (C=O) groups excluding carboxylic acids is 2. The van der Waals surface area contributed by atoms with E-state index in [1.807, 2.05) is 76.2 Å². The lowest BCUT2D eigenvalue weighted by Gasteiger charge is -2.33. The average molecular weight is 437 g/mol. The van der Waals surface area contributed by atoms with Crippen molar-refractivity contribution in [3.63, 3.8) is 0 Å². The van der Waals surface area contributed by atoms with Gasteiger partial charge in [-0.05, 0) is 56.8 Å². The normalized spacial score (nSPS) is 12.3. The summed E-state index contributed by atoms with van der Waals surface area (Å²) in [6.07, 6.45) is 0.622. The Morgan fingerprint density at radius 1 is 1.10 bits per heavy atom. The minimum atomic E-state index is -0.778. The molecule has 0 aliphatic rings. The van der Waals surface area contributed by atoms with Crippen LogP contribution in [0.1, 0.15) is 54.0 Å². The zero-order chi connectivity index (χ0) is 22.4. The first-order valence-electron chi connectivity index (χ1n) is 10.2. The summed E-state index contributed by atoms with van der Waals surface area (Å²) in [4.78, 5) is 28.4. The Labute approximate surface area is 187 Å². The third-order valence-electron chi connectivity index (χ3n) is 4.74. The summed E-state index contributed by atoms with van der Waals surface area (Å²) < 4.78 is 3.84. The molecule has 2 amide bonds. The Bertz CT molecular complexity index is 1010. The van der Waals surface area contributed by atoms with Crippen molar-refractivity contribution in [2.24, 2.45) is 0 Å². The van der Waals surface area contributed by atoms with Crippen molar-refractivity contribution in [2.45, 2.75) is 45.7 Å². The van der Waals surface area contributed by atoms with Crippen molar-refractivity contribution >= 4 is 23.3 Å². The van der Waals surface area contributed by atoms with Crippen molar-refractivity contribution in [1.29, 1.82) is 0 Å². The molecule has 31 heavy (non-hydrogen) atoms. The minimum Gasteiger partial charge on any atom is -0.349 e. The first kappa shape index (κ1) is 22.6. The van der Waals surface area contributed by atoms with Gasteiger partial charge >= 0.3 is 0 Å². The summed E-state index contributed by atoms with van der Waals surface area (Å²) in [6.45, 7) is 8.19. The van der Waals surface area contributed by atoms with Crippen LogP contribution in [-0.2, 0) is 11.2 Å². The van der Waals surface area contributed by atoms with Gasteiger partial charge in [-0.2, -0.15) is 0 Å². The maximum Gasteiger partial charge on any atom is 0.276 e. The van der Waals surface area contributed by atoms with Crippen LogP contribution in [0, 0.1) is 6.92 Å². The van der Waals surface area contributed by atoms with E-state index >= 15 is 0 Å². The van der Waals surface area contributed by atoms with Gasteiger partial charge in [-0.25, -0.2) is 0 Å². The highest BCUT2D eigenvalue weighted by molar-refractivity contribution is 7.03. The van der Waals surface area contributed by atoms with Gasteiger partial charge in [0.25, 0.3) is 5.91 Å². The highest BCUT2D eigenvalue weighted by Crippen LogP contribution is 2.25. The Morgan fingerprint density at radius 3 is 2.45 bits per heavy atom. The fourth-order valence-corrected chi connectivity index (χ4v) is 3.85. The number of aryl methyl sites for hydroxylation is 1. The summed E-state index contributed by atoms with van der Waals surface area (Å²) in [6, 6.07) is 16.8. The topological polar surface area (TPSA) is 75.2 Å². The Morgan fingerprint density at radius 2 is 1.84 bits per heavy atom. The number of hydrogen-bond acceptors (Lipinski definition) is 5. The molecule has 0 saturated heterocycles. The number of aromatic nitrogens is 2. The largest absolute Gasteiger partial charge is 0.349 e. The Hall–Kier alpha value is -3.06. The molecule has 162 valence electrons. The number of amides is 2. The van der Waals surface area contributed by atoms with E-state index in [1.165, 1.54) is 0 Å². The third-order valence-corrected chi connectivity index (χ3v) is 5.24. The SMILES string of the molecule is Cc1cccc(CCN(C(=O)c2csnn2)[C@H](C(=O)NC(C)(C)C)c2ccccc2)c1. The van der Waals surface area contributed by atoms with Gasteiger partial charge in [0, 0.05) is 17.5 Å². The van der Waals surface area contributed by atoms with Crippen LogP contribution in [0.25, 0.3) is 0 Å². The van der Waals surface area contributed by atoms with Gasteiger partial charge in [-0.3, -0.25) is 9.59 Å². The molecule has 7 heteroatoms. The van der Waals surface area contributed by atoms with Crippen molar-refractivity contribution in [2.75, 3.05) is 6.54 Å². The first-order chi connectivity index (χ1) is 14.7. The van der Waals surface area contributed by atoms with E-state index in [1.54, 1.807) is 10.3 Å². The average Bonchev–Trinajstić information content (AvgIpc) is 3.25. The van der Waals surface area contributed by atoms with Crippen LogP contribution in [0.3, 0.4) is 0 Å². The quantitative estimate of drug-likeness (QED) is 0.603. The molecular weight excluding hydrogens is 408 g/mol. The van der Waals surface area contributed by atoms with E-state index in [2.05, 4.69) is 21.0 Å². The van der Waals surface area contributed by atoms with Crippen LogP contribution in [0.2, 0.25) is 0 Å². The van der Waals surface area contributed by atoms with Gasteiger partial charge in [0.1, 0.15) is 6.04 Å². The Kier molecular flexibility index (Phi) is 7.17. The highest BCUT2D eigenvalue weighted by atomic mass is 32.1.